The first-order chi connectivity index (χ1) is 11.7. The monoisotopic (exact) mass is 321 g/mol. The second-order valence-corrected chi connectivity index (χ2v) is 5.29. The van der Waals surface area contributed by atoms with Crippen LogP contribution in [0.3, 0.4) is 0 Å². The maximum atomic E-state index is 12.2. The molecule has 24 heavy (non-hydrogen) atoms. The van der Waals surface area contributed by atoms with E-state index in [1.807, 2.05) is 54.6 Å². The average Bonchev–Trinajstić information content (AvgIpc) is 2.62. The van der Waals surface area contributed by atoms with Crippen LogP contribution in [0.1, 0.15) is 17.3 Å². The second kappa shape index (κ2) is 7.04. The van der Waals surface area contributed by atoms with Crippen LogP contribution in [0.15, 0.2) is 60.7 Å². The number of nitrogens with one attached hydrogen (secondary N) is 1. The van der Waals surface area contributed by atoms with Crippen molar-refractivity contribution in [1.82, 2.24) is 0 Å². The molecular formula is C20H19NO3. The molecular weight excluding hydrogens is 302 g/mol. The summed E-state index contributed by atoms with van der Waals surface area (Å²) in [6, 6.07) is 19.2. The number of ether oxygens (including phenoxy) is 2. The maximum absolute atomic E-state index is 12.2. The summed E-state index contributed by atoms with van der Waals surface area (Å²) in [6.07, 6.45) is 0. The lowest BCUT2D eigenvalue weighted by molar-refractivity contribution is 0.0527. The van der Waals surface area contributed by atoms with Gasteiger partial charge in [0.15, 0.2) is 0 Å². The van der Waals surface area contributed by atoms with Gasteiger partial charge in [-0.2, -0.15) is 0 Å². The van der Waals surface area contributed by atoms with Crippen LogP contribution in [0.5, 0.6) is 5.75 Å². The smallest absolute Gasteiger partial charge is 0.340 e. The third kappa shape index (κ3) is 3.18. The molecule has 0 fully saturated rings. The molecule has 0 aliphatic carbocycles. The van der Waals surface area contributed by atoms with Gasteiger partial charge in [0.2, 0.25) is 0 Å². The SMILES string of the molecule is CCOC(=O)c1ccccc1Nc1cc(OC)cc2ccccc12. The van der Waals surface area contributed by atoms with Crippen molar-refractivity contribution >= 4 is 28.1 Å². The van der Waals surface area contributed by atoms with Crippen molar-refractivity contribution in [2.45, 2.75) is 6.92 Å². The van der Waals surface area contributed by atoms with E-state index in [0.29, 0.717) is 17.9 Å². The summed E-state index contributed by atoms with van der Waals surface area (Å²) in [5, 5.41) is 5.46. The molecule has 0 unspecified atom stereocenters. The Balaban J connectivity index is 2.06. The number of anilines is 2. The molecule has 3 aromatic rings. The van der Waals surface area contributed by atoms with Gasteiger partial charge in [-0.3, -0.25) is 0 Å². The first kappa shape index (κ1) is 15.9. The lowest BCUT2D eigenvalue weighted by Gasteiger charge is -2.14. The predicted molar refractivity (Wildman–Crippen MR) is 96.2 cm³/mol. The highest BCUT2D eigenvalue weighted by Gasteiger charge is 2.13. The van der Waals surface area contributed by atoms with Crippen molar-refractivity contribution in [3.63, 3.8) is 0 Å². The van der Waals surface area contributed by atoms with Gasteiger partial charge >= 0.3 is 5.97 Å². The quantitative estimate of drug-likeness (QED) is 0.688. The highest BCUT2D eigenvalue weighted by molar-refractivity contribution is 6.00. The Hall–Kier alpha value is -3.01. The maximum Gasteiger partial charge on any atom is 0.340 e. The number of methoxy groups -OCH3 is 1. The first-order valence-corrected chi connectivity index (χ1v) is 7.83. The number of rotatable bonds is 5. The summed E-state index contributed by atoms with van der Waals surface area (Å²) in [4.78, 5) is 12.2. The van der Waals surface area contributed by atoms with E-state index in [0.717, 1.165) is 22.2 Å². The van der Waals surface area contributed by atoms with Crippen LogP contribution >= 0.6 is 0 Å². The molecule has 3 rings (SSSR count). The molecule has 1 N–H and O–H groups in total. The number of para-hydroxylation sites is 1. The summed E-state index contributed by atoms with van der Waals surface area (Å²) in [6.45, 7) is 2.14. The first-order valence-electron chi connectivity index (χ1n) is 7.83. The van der Waals surface area contributed by atoms with Gasteiger partial charge in [0.05, 0.1) is 30.7 Å². The van der Waals surface area contributed by atoms with E-state index >= 15 is 0 Å². The number of carbonyl (C=O) groups excluding carboxylic acids is 1. The number of hydrogen-bond acceptors (Lipinski definition) is 4. The lowest BCUT2D eigenvalue weighted by atomic mass is 10.1. The molecule has 0 aliphatic heterocycles. The molecule has 4 heteroatoms. The molecule has 122 valence electrons. The van der Waals surface area contributed by atoms with Crippen molar-refractivity contribution in [2.24, 2.45) is 0 Å². The zero-order valence-corrected chi connectivity index (χ0v) is 13.7. The van der Waals surface area contributed by atoms with Crippen LogP contribution in [-0.4, -0.2) is 19.7 Å². The van der Waals surface area contributed by atoms with E-state index in [1.54, 1.807) is 20.1 Å². The van der Waals surface area contributed by atoms with Crippen molar-refractivity contribution in [2.75, 3.05) is 19.0 Å². The van der Waals surface area contributed by atoms with Gasteiger partial charge in [0, 0.05) is 11.5 Å². The molecule has 0 spiro atoms. The normalized spacial score (nSPS) is 10.4. The zero-order valence-electron chi connectivity index (χ0n) is 13.7. The molecule has 0 aromatic heterocycles. The lowest BCUT2D eigenvalue weighted by Crippen LogP contribution is -2.08. The van der Waals surface area contributed by atoms with Gasteiger partial charge in [0.25, 0.3) is 0 Å². The average molecular weight is 321 g/mol. The number of carbonyl (C=O) groups is 1. The van der Waals surface area contributed by atoms with Crippen molar-refractivity contribution in [3.8, 4) is 5.75 Å². The molecule has 0 saturated heterocycles. The number of benzene rings is 3. The third-order valence-corrected chi connectivity index (χ3v) is 3.76. The summed E-state index contributed by atoms with van der Waals surface area (Å²) in [7, 11) is 1.64. The number of esters is 1. The molecule has 0 saturated carbocycles. The summed E-state index contributed by atoms with van der Waals surface area (Å²) in [5.41, 5.74) is 2.09. The van der Waals surface area contributed by atoms with Crippen molar-refractivity contribution in [3.05, 3.63) is 66.2 Å². The number of fused-ring (bicyclic) bond motifs is 1. The largest absolute Gasteiger partial charge is 0.497 e. The Labute approximate surface area is 141 Å². The second-order valence-electron chi connectivity index (χ2n) is 5.29. The van der Waals surface area contributed by atoms with Crippen LogP contribution in [0.25, 0.3) is 10.8 Å². The minimum absolute atomic E-state index is 0.340. The van der Waals surface area contributed by atoms with E-state index in [4.69, 9.17) is 9.47 Å². The van der Waals surface area contributed by atoms with Crippen molar-refractivity contribution in [1.29, 1.82) is 0 Å². The molecule has 0 heterocycles. The number of hydrogen-bond donors (Lipinski definition) is 1. The van der Waals surface area contributed by atoms with Gasteiger partial charge in [-0.25, -0.2) is 4.79 Å². The summed E-state index contributed by atoms with van der Waals surface area (Å²) >= 11 is 0. The Morgan fingerprint density at radius 1 is 1.00 bits per heavy atom. The van der Waals surface area contributed by atoms with Gasteiger partial charge in [-0.05, 0) is 30.5 Å². The standard InChI is InChI=1S/C20H19NO3/c1-3-24-20(22)17-10-6-7-11-18(17)21-19-13-15(23-2)12-14-8-4-5-9-16(14)19/h4-13,21H,3H2,1-2H3. The van der Waals surface area contributed by atoms with Gasteiger partial charge in [0.1, 0.15) is 5.75 Å². The molecule has 0 aliphatic rings. The van der Waals surface area contributed by atoms with Crippen LogP contribution in [0, 0.1) is 0 Å². The van der Waals surface area contributed by atoms with Crippen LogP contribution in [-0.2, 0) is 4.74 Å². The molecule has 0 bridgehead atoms. The van der Waals surface area contributed by atoms with E-state index in [2.05, 4.69) is 5.32 Å². The molecule has 4 nitrogen and oxygen atoms in total. The Morgan fingerprint density at radius 2 is 1.75 bits per heavy atom. The minimum atomic E-state index is -0.340. The van der Waals surface area contributed by atoms with E-state index < -0.39 is 0 Å². The van der Waals surface area contributed by atoms with Crippen LogP contribution in [0.4, 0.5) is 11.4 Å². The minimum Gasteiger partial charge on any atom is -0.497 e. The molecule has 3 aromatic carbocycles. The fourth-order valence-electron chi connectivity index (χ4n) is 2.63. The molecule has 0 radical (unpaired) electrons. The van der Waals surface area contributed by atoms with Crippen LogP contribution in [0.2, 0.25) is 0 Å². The highest BCUT2D eigenvalue weighted by Crippen LogP contribution is 2.32. The van der Waals surface area contributed by atoms with Gasteiger partial charge in [-0.1, -0.05) is 36.4 Å². The Morgan fingerprint density at radius 3 is 2.54 bits per heavy atom. The summed E-state index contributed by atoms with van der Waals surface area (Å²) in [5.74, 6) is 0.414. The van der Waals surface area contributed by atoms with Gasteiger partial charge < -0.3 is 14.8 Å². The third-order valence-electron chi connectivity index (χ3n) is 3.76. The van der Waals surface area contributed by atoms with Crippen LogP contribution < -0.4 is 10.1 Å². The fraction of sp³-hybridized carbons (Fsp3) is 0.150. The van der Waals surface area contributed by atoms with E-state index in [9.17, 15) is 4.79 Å². The Kier molecular flexibility index (Phi) is 4.66. The van der Waals surface area contributed by atoms with E-state index in [-0.39, 0.29) is 5.97 Å². The van der Waals surface area contributed by atoms with Crippen molar-refractivity contribution < 1.29 is 14.3 Å². The highest BCUT2D eigenvalue weighted by atomic mass is 16.5. The predicted octanol–water partition coefficient (Wildman–Crippen LogP) is 4.77. The Bertz CT molecular complexity index is 874. The van der Waals surface area contributed by atoms with E-state index in [1.165, 1.54) is 0 Å². The summed E-state index contributed by atoms with van der Waals surface area (Å²) < 4.78 is 10.5. The molecule has 0 amide bonds. The topological polar surface area (TPSA) is 47.6 Å². The fourth-order valence-corrected chi connectivity index (χ4v) is 2.63. The van der Waals surface area contributed by atoms with Gasteiger partial charge in [-0.15, -0.1) is 0 Å². The zero-order chi connectivity index (χ0) is 16.9. The molecule has 0 atom stereocenters.